The molecule has 2 rings (SSSR count). The highest BCUT2D eigenvalue weighted by Crippen LogP contribution is 2.38. The molecule has 368 valence electrons. The number of phosphoric acid groups is 1. The first-order chi connectivity index (χ1) is 30.5. The summed E-state index contributed by atoms with van der Waals surface area (Å²) < 4.78 is 40.2. The van der Waals surface area contributed by atoms with Crippen molar-refractivity contribution in [3.05, 3.63) is 47.0 Å². The molecule has 0 saturated heterocycles. The lowest BCUT2D eigenvalue weighted by Gasteiger charge is -2.28. The van der Waals surface area contributed by atoms with E-state index in [1.807, 2.05) is 33.3 Å². The van der Waals surface area contributed by atoms with Gasteiger partial charge in [-0.15, -0.1) is 0 Å². The number of furan rings is 1. The van der Waals surface area contributed by atoms with Crippen LogP contribution < -0.4 is 4.89 Å². The van der Waals surface area contributed by atoms with E-state index in [0.717, 1.165) is 88.6 Å². The molecule has 14 heteroatoms. The van der Waals surface area contributed by atoms with Crippen molar-refractivity contribution in [3.63, 3.8) is 0 Å². The van der Waals surface area contributed by atoms with Gasteiger partial charge in [0.25, 0.3) is 7.82 Å². The third kappa shape index (κ3) is 25.3. The third-order valence-electron chi connectivity index (χ3n) is 12.1. The zero-order valence-electron chi connectivity index (χ0n) is 40.7. The maximum Gasteiger partial charge on any atom is 0.306 e. The zero-order chi connectivity index (χ0) is 47.4. The van der Waals surface area contributed by atoms with E-state index in [-0.39, 0.29) is 44.2 Å². The fraction of sp³-hybridized carbons (Fsp3) is 0.780. The minimum absolute atomic E-state index is 0.0311. The van der Waals surface area contributed by atoms with Crippen LogP contribution in [0.4, 0.5) is 0 Å². The van der Waals surface area contributed by atoms with Crippen LogP contribution in [0.3, 0.4) is 0 Å². The summed E-state index contributed by atoms with van der Waals surface area (Å²) in [7, 11) is 0.998. The van der Waals surface area contributed by atoms with Gasteiger partial charge in [0.2, 0.25) is 0 Å². The number of aliphatic hydroxyl groups excluding tert-OH is 2. The molecule has 1 saturated carbocycles. The molecule has 0 spiro atoms. The maximum absolute atomic E-state index is 12.8. The molecule has 1 aromatic rings. The largest absolute Gasteiger partial charge is 0.756 e. The lowest BCUT2D eigenvalue weighted by atomic mass is 9.90. The molecule has 1 unspecified atom stereocenters. The van der Waals surface area contributed by atoms with E-state index >= 15 is 0 Å². The number of esters is 2. The van der Waals surface area contributed by atoms with Crippen molar-refractivity contribution in [2.45, 2.75) is 194 Å². The SMILES string of the molecule is CCCCCc1oc(CCCCCCCCCCC(=O)O[C@H](COC(=O)CCC/C=C\C[C@H]2[C@@H](O)CC(=O)[C@@H]2/C=C/[C@@H](O)CCCCC)COP(=O)([O-])OCC[N+](C)(C)C)c(C)c1C. The number of carbonyl (C=O) groups is 3. The van der Waals surface area contributed by atoms with Crippen molar-refractivity contribution in [3.8, 4) is 0 Å². The van der Waals surface area contributed by atoms with Crippen molar-refractivity contribution >= 4 is 25.5 Å². The molecule has 0 radical (unpaired) electrons. The monoisotopic (exact) mass is 924 g/mol. The second-order valence-corrected chi connectivity index (χ2v) is 20.3. The summed E-state index contributed by atoms with van der Waals surface area (Å²) >= 11 is 0. The number of quaternary nitrogens is 1. The van der Waals surface area contributed by atoms with E-state index in [9.17, 15) is 34.1 Å². The maximum atomic E-state index is 12.8. The average molecular weight is 924 g/mol. The van der Waals surface area contributed by atoms with Gasteiger partial charge in [-0.3, -0.25) is 18.9 Å². The number of aryl methyl sites for hydroxylation is 2. The first kappa shape index (κ1) is 57.5. The summed E-state index contributed by atoms with van der Waals surface area (Å²) in [6, 6.07) is 0. The van der Waals surface area contributed by atoms with Crippen LogP contribution in [0.1, 0.15) is 171 Å². The van der Waals surface area contributed by atoms with Crippen LogP contribution in [-0.4, -0.2) is 98.2 Å². The van der Waals surface area contributed by atoms with E-state index in [4.69, 9.17) is 22.9 Å². The predicted octanol–water partition coefficient (Wildman–Crippen LogP) is 9.53. The minimum atomic E-state index is -4.71. The molecule has 1 aliphatic rings. The first-order valence-corrected chi connectivity index (χ1v) is 26.0. The van der Waals surface area contributed by atoms with Crippen LogP contribution in [-0.2, 0) is 50.3 Å². The Morgan fingerprint density at radius 2 is 1.42 bits per heavy atom. The molecule has 13 nitrogen and oxygen atoms in total. The lowest BCUT2D eigenvalue weighted by molar-refractivity contribution is -0.870. The number of ketones is 1. The Labute approximate surface area is 385 Å². The molecule has 1 heterocycles. The third-order valence-corrected chi connectivity index (χ3v) is 13.0. The van der Waals surface area contributed by atoms with Gasteiger partial charge in [-0.1, -0.05) is 109 Å². The van der Waals surface area contributed by atoms with E-state index in [0.29, 0.717) is 43.1 Å². The van der Waals surface area contributed by atoms with Gasteiger partial charge in [0.15, 0.2) is 6.10 Å². The number of unbranched alkanes of at least 4 members (excludes halogenated alkanes) is 12. The standard InChI is InChI=1S/C50H86NO12P/c1-8-10-20-26-41(52)32-33-44-43(45(53)36-46(44)54)27-22-18-19-24-30-49(55)59-37-42(38-61-64(57,58)60-35-34-51(5,6)7)62-50(56)31-25-17-15-13-12-14-16-23-29-48-40(4)39(3)47(63-48)28-21-11-9-2/h18,22,32-33,41-45,52-53H,8-17,19-21,23-31,34-38H2,1-7H3/b22-18-,33-32+/t41-,42+,43+,44+,45-/m0/s1. The number of aliphatic hydroxyl groups is 2. The molecule has 0 bridgehead atoms. The molecule has 2 N–H and O–H groups in total. The molecule has 1 aliphatic carbocycles. The fourth-order valence-corrected chi connectivity index (χ4v) is 8.54. The number of ether oxygens (including phenoxy) is 2. The van der Waals surface area contributed by atoms with Crippen molar-refractivity contribution < 1.29 is 61.5 Å². The van der Waals surface area contributed by atoms with Crippen LogP contribution in [0, 0.1) is 25.7 Å². The van der Waals surface area contributed by atoms with Crippen molar-refractivity contribution in [1.82, 2.24) is 0 Å². The number of nitrogens with zero attached hydrogens (tertiary/aromatic N) is 1. The Kier molecular flexibility index (Phi) is 28.9. The van der Waals surface area contributed by atoms with E-state index in [2.05, 4.69) is 27.7 Å². The summed E-state index contributed by atoms with van der Waals surface area (Å²) in [6.45, 7) is 8.10. The van der Waals surface area contributed by atoms with Gasteiger partial charge in [-0.25, -0.2) is 0 Å². The molecular formula is C50H86NO12P. The highest BCUT2D eigenvalue weighted by molar-refractivity contribution is 7.45. The van der Waals surface area contributed by atoms with Gasteiger partial charge in [0, 0.05) is 43.9 Å². The highest BCUT2D eigenvalue weighted by Gasteiger charge is 2.39. The number of rotatable bonds is 37. The van der Waals surface area contributed by atoms with Crippen LogP contribution in [0.2, 0.25) is 0 Å². The number of carbonyl (C=O) groups excluding carboxylic acids is 3. The number of likely N-dealkylation sites (N-methyl/N-ethyl adjacent to an activating group) is 1. The Bertz CT molecular complexity index is 1580. The van der Waals surface area contributed by atoms with Gasteiger partial charge < -0.3 is 42.5 Å². The second kappa shape index (κ2) is 32.1. The molecular weight excluding hydrogens is 838 g/mol. The Balaban J connectivity index is 1.74. The van der Waals surface area contributed by atoms with Crippen LogP contribution in [0.15, 0.2) is 28.7 Å². The smallest absolute Gasteiger partial charge is 0.306 e. The minimum Gasteiger partial charge on any atom is -0.756 e. The number of Topliss-reactive ketones (excluding diaryl/α,β-unsaturated/α-hetero) is 1. The number of phosphoric ester groups is 1. The van der Waals surface area contributed by atoms with Crippen LogP contribution >= 0.6 is 7.82 Å². The van der Waals surface area contributed by atoms with Crippen molar-refractivity contribution in [2.75, 3.05) is 47.5 Å². The van der Waals surface area contributed by atoms with Gasteiger partial charge in [0.05, 0.1) is 40.0 Å². The molecule has 0 amide bonds. The summed E-state index contributed by atoms with van der Waals surface area (Å²) in [5.41, 5.74) is 2.62. The predicted molar refractivity (Wildman–Crippen MR) is 249 cm³/mol. The van der Waals surface area contributed by atoms with Gasteiger partial charge in [0.1, 0.15) is 37.1 Å². The average Bonchev–Trinajstić information content (AvgIpc) is 3.66. The molecule has 64 heavy (non-hydrogen) atoms. The molecule has 6 atom stereocenters. The second-order valence-electron chi connectivity index (χ2n) is 18.8. The van der Waals surface area contributed by atoms with Crippen molar-refractivity contribution in [1.29, 1.82) is 0 Å². The lowest BCUT2D eigenvalue weighted by Crippen LogP contribution is -2.37. The Hall–Kier alpha value is -2.64. The summed E-state index contributed by atoms with van der Waals surface area (Å²) in [6.07, 6.45) is 24.0. The van der Waals surface area contributed by atoms with E-state index in [1.165, 1.54) is 30.4 Å². The van der Waals surface area contributed by atoms with Crippen LogP contribution in [0.5, 0.6) is 0 Å². The highest BCUT2D eigenvalue weighted by atomic mass is 31.2. The van der Waals surface area contributed by atoms with E-state index < -0.39 is 50.6 Å². The number of allylic oxidation sites excluding steroid dienone is 3. The molecule has 0 aliphatic heterocycles. The van der Waals surface area contributed by atoms with Gasteiger partial charge in [-0.2, -0.15) is 0 Å². The Morgan fingerprint density at radius 1 is 0.828 bits per heavy atom. The topological polar surface area (TPSA) is 182 Å². The van der Waals surface area contributed by atoms with Gasteiger partial charge in [-0.05, 0) is 69.9 Å². The zero-order valence-corrected chi connectivity index (χ0v) is 41.6. The van der Waals surface area contributed by atoms with Crippen molar-refractivity contribution in [2.24, 2.45) is 11.8 Å². The number of hydrogen-bond acceptors (Lipinski definition) is 12. The molecule has 1 aromatic heterocycles. The Morgan fingerprint density at radius 3 is 2.06 bits per heavy atom. The van der Waals surface area contributed by atoms with Crippen LogP contribution in [0.25, 0.3) is 0 Å². The quantitative estimate of drug-likeness (QED) is 0.0212. The summed E-state index contributed by atoms with van der Waals surface area (Å²) in [5, 5.41) is 20.8. The van der Waals surface area contributed by atoms with Gasteiger partial charge >= 0.3 is 11.9 Å². The normalized spacial score (nSPS) is 18.8. The first-order valence-electron chi connectivity index (χ1n) is 24.5. The van der Waals surface area contributed by atoms with E-state index in [1.54, 1.807) is 12.2 Å². The molecule has 1 fully saturated rings. The summed E-state index contributed by atoms with van der Waals surface area (Å²) in [5.74, 6) is 0.493. The summed E-state index contributed by atoms with van der Waals surface area (Å²) in [4.78, 5) is 50.5. The molecule has 0 aromatic carbocycles. The number of hydrogen-bond donors (Lipinski definition) is 2. The fourth-order valence-electron chi connectivity index (χ4n) is 7.81.